The van der Waals surface area contributed by atoms with Gasteiger partial charge in [0.15, 0.2) is 0 Å². The molecule has 0 heteroatoms. The molecule has 0 amide bonds. The van der Waals surface area contributed by atoms with Gasteiger partial charge in [0.05, 0.1) is 0 Å². The lowest BCUT2D eigenvalue weighted by atomic mass is 9.83. The van der Waals surface area contributed by atoms with Gasteiger partial charge in [-0.3, -0.25) is 0 Å². The van der Waals surface area contributed by atoms with Crippen LogP contribution >= 0.6 is 0 Å². The monoisotopic (exact) mass is 212 g/mol. The Hall–Kier alpha value is -1.04. The smallest absolute Gasteiger partial charge is 0.00904 e. The molecule has 0 N–H and O–H groups in total. The normalized spacial score (nSPS) is 32.1. The number of allylic oxidation sites excluding steroid dienone is 2. The molecule has 3 rings (SSSR count). The zero-order chi connectivity index (χ0) is 11.1. The summed E-state index contributed by atoms with van der Waals surface area (Å²) in [6.45, 7) is 4.60. The van der Waals surface area contributed by atoms with Gasteiger partial charge in [-0.2, -0.15) is 0 Å². The van der Waals surface area contributed by atoms with Gasteiger partial charge in [0.2, 0.25) is 0 Å². The molecule has 0 aliphatic heterocycles. The van der Waals surface area contributed by atoms with E-state index in [1.54, 1.807) is 16.7 Å². The number of hydrogen-bond donors (Lipinski definition) is 0. The lowest BCUT2D eigenvalue weighted by molar-refractivity contribution is 0.421. The third-order valence-corrected chi connectivity index (χ3v) is 4.49. The molecule has 0 saturated heterocycles. The second-order valence-electron chi connectivity index (χ2n) is 5.59. The van der Waals surface area contributed by atoms with Gasteiger partial charge in [-0.25, -0.2) is 0 Å². The maximum absolute atomic E-state index is 2.31. The molecule has 2 saturated carbocycles. The molecule has 1 aromatic rings. The van der Waals surface area contributed by atoms with Crippen molar-refractivity contribution >= 4 is 0 Å². The van der Waals surface area contributed by atoms with Gasteiger partial charge in [-0.05, 0) is 56.4 Å². The van der Waals surface area contributed by atoms with Crippen molar-refractivity contribution in [1.82, 2.24) is 0 Å². The Kier molecular flexibility index (Phi) is 2.38. The molecule has 2 bridgehead atoms. The molecule has 84 valence electrons. The predicted octanol–water partition coefficient (Wildman–Crippen LogP) is 4.54. The maximum Gasteiger partial charge on any atom is -0.00904 e. The minimum atomic E-state index is 0.810. The fourth-order valence-electron chi connectivity index (χ4n) is 3.98. The first-order chi connectivity index (χ1) is 7.77. The zero-order valence-corrected chi connectivity index (χ0v) is 10.2. The van der Waals surface area contributed by atoms with E-state index >= 15 is 0 Å². The number of benzene rings is 1. The van der Waals surface area contributed by atoms with Crippen LogP contribution in [0.2, 0.25) is 0 Å². The van der Waals surface area contributed by atoms with Gasteiger partial charge in [-0.1, -0.05) is 41.5 Å². The summed E-state index contributed by atoms with van der Waals surface area (Å²) in [6, 6.07) is 11.1. The molecule has 16 heavy (non-hydrogen) atoms. The van der Waals surface area contributed by atoms with Crippen LogP contribution in [0.4, 0.5) is 0 Å². The van der Waals surface area contributed by atoms with Crippen LogP contribution in [0.15, 0.2) is 41.5 Å². The summed E-state index contributed by atoms with van der Waals surface area (Å²) in [4.78, 5) is 0. The summed E-state index contributed by atoms with van der Waals surface area (Å²) < 4.78 is 0. The first kappa shape index (κ1) is 10.1. The topological polar surface area (TPSA) is 0 Å². The Morgan fingerprint density at radius 3 is 2.38 bits per heavy atom. The molecule has 0 nitrogen and oxygen atoms in total. The van der Waals surface area contributed by atoms with Gasteiger partial charge < -0.3 is 0 Å². The average molecular weight is 212 g/mol. The lowest BCUT2D eigenvalue weighted by Gasteiger charge is -2.21. The highest BCUT2D eigenvalue weighted by molar-refractivity contribution is 5.34. The van der Waals surface area contributed by atoms with Crippen LogP contribution in [-0.4, -0.2) is 0 Å². The molecule has 0 heterocycles. The fourth-order valence-corrected chi connectivity index (χ4v) is 3.98. The number of fused-ring (bicyclic) bond motifs is 2. The van der Waals surface area contributed by atoms with Gasteiger partial charge in [-0.15, -0.1) is 0 Å². The average Bonchev–Trinajstić information content (AvgIpc) is 2.87. The highest BCUT2D eigenvalue weighted by atomic mass is 14.5. The van der Waals surface area contributed by atoms with Crippen molar-refractivity contribution in [2.24, 2.45) is 11.8 Å². The third-order valence-electron chi connectivity index (χ3n) is 4.49. The minimum absolute atomic E-state index is 0.810. The van der Waals surface area contributed by atoms with Gasteiger partial charge in [0.25, 0.3) is 0 Å². The zero-order valence-electron chi connectivity index (χ0n) is 10.2. The molecular weight excluding hydrogens is 192 g/mol. The van der Waals surface area contributed by atoms with Gasteiger partial charge >= 0.3 is 0 Å². The highest BCUT2D eigenvalue weighted by Crippen LogP contribution is 2.57. The summed E-state index contributed by atoms with van der Waals surface area (Å²) in [5.41, 5.74) is 4.95. The van der Waals surface area contributed by atoms with Crippen molar-refractivity contribution in [2.75, 3.05) is 0 Å². The largest absolute Gasteiger partial charge is 0.0766 e. The van der Waals surface area contributed by atoms with Crippen molar-refractivity contribution < 1.29 is 0 Å². The lowest BCUT2D eigenvalue weighted by Crippen LogP contribution is -2.08. The first-order valence-corrected chi connectivity index (χ1v) is 6.49. The van der Waals surface area contributed by atoms with Crippen molar-refractivity contribution in [3.05, 3.63) is 47.0 Å². The molecule has 0 spiro atoms. The van der Waals surface area contributed by atoms with Crippen LogP contribution in [0.1, 0.15) is 44.6 Å². The Bertz CT molecular complexity index is 409. The van der Waals surface area contributed by atoms with E-state index < -0.39 is 0 Å². The van der Waals surface area contributed by atoms with E-state index in [2.05, 4.69) is 44.2 Å². The summed E-state index contributed by atoms with van der Waals surface area (Å²) in [6.07, 6.45) is 4.26. The molecule has 0 radical (unpaired) electrons. The molecule has 0 unspecified atom stereocenters. The summed E-state index contributed by atoms with van der Waals surface area (Å²) >= 11 is 0. The van der Waals surface area contributed by atoms with E-state index in [0.717, 1.165) is 17.8 Å². The standard InChI is InChI=1S/C16H20/c1-11(2)16-13-8-9-14(16)15(10-13)12-6-4-3-5-7-12/h3-7,13-15H,8-10H2,1-2H3/t13-,14+,15-/m1/s1. The van der Waals surface area contributed by atoms with Crippen LogP contribution in [0.3, 0.4) is 0 Å². The number of rotatable bonds is 1. The SMILES string of the molecule is CC(C)=C1[C@@H]2CC[C@H]1[C@@H](c1ccccc1)C2. The Morgan fingerprint density at radius 1 is 1.00 bits per heavy atom. The molecule has 2 aliphatic carbocycles. The number of hydrogen-bond acceptors (Lipinski definition) is 0. The highest BCUT2D eigenvalue weighted by Gasteiger charge is 2.44. The Morgan fingerprint density at radius 2 is 1.75 bits per heavy atom. The Labute approximate surface area is 98.4 Å². The summed E-state index contributed by atoms with van der Waals surface area (Å²) in [5, 5.41) is 0. The second-order valence-corrected chi connectivity index (χ2v) is 5.59. The van der Waals surface area contributed by atoms with E-state index in [1.807, 2.05) is 0 Å². The Balaban J connectivity index is 1.95. The van der Waals surface area contributed by atoms with Gasteiger partial charge in [0.1, 0.15) is 0 Å². The van der Waals surface area contributed by atoms with Crippen molar-refractivity contribution in [3.8, 4) is 0 Å². The summed E-state index contributed by atoms with van der Waals surface area (Å²) in [7, 11) is 0. The maximum atomic E-state index is 2.31. The molecule has 3 atom stereocenters. The molecular formula is C16H20. The predicted molar refractivity (Wildman–Crippen MR) is 68.4 cm³/mol. The minimum Gasteiger partial charge on any atom is -0.0766 e. The van der Waals surface area contributed by atoms with Crippen LogP contribution in [0.25, 0.3) is 0 Å². The van der Waals surface area contributed by atoms with E-state index in [-0.39, 0.29) is 0 Å². The van der Waals surface area contributed by atoms with Crippen molar-refractivity contribution in [1.29, 1.82) is 0 Å². The van der Waals surface area contributed by atoms with Crippen LogP contribution in [-0.2, 0) is 0 Å². The van der Waals surface area contributed by atoms with Gasteiger partial charge in [0, 0.05) is 0 Å². The fraction of sp³-hybridized carbons (Fsp3) is 0.500. The van der Waals surface area contributed by atoms with E-state index in [1.165, 1.54) is 19.3 Å². The third kappa shape index (κ3) is 1.43. The molecule has 0 aromatic heterocycles. The second kappa shape index (κ2) is 3.76. The van der Waals surface area contributed by atoms with E-state index in [4.69, 9.17) is 0 Å². The van der Waals surface area contributed by atoms with Crippen LogP contribution in [0.5, 0.6) is 0 Å². The summed E-state index contributed by atoms with van der Waals surface area (Å²) in [5.74, 6) is 2.57. The van der Waals surface area contributed by atoms with Crippen LogP contribution < -0.4 is 0 Å². The van der Waals surface area contributed by atoms with Crippen molar-refractivity contribution in [3.63, 3.8) is 0 Å². The molecule has 2 fully saturated rings. The quantitative estimate of drug-likeness (QED) is 0.600. The van der Waals surface area contributed by atoms with Crippen LogP contribution in [0, 0.1) is 11.8 Å². The van der Waals surface area contributed by atoms with Crippen molar-refractivity contribution in [2.45, 2.75) is 39.0 Å². The molecule has 1 aromatic carbocycles. The van der Waals surface area contributed by atoms with E-state index in [9.17, 15) is 0 Å². The molecule has 2 aliphatic rings. The first-order valence-electron chi connectivity index (χ1n) is 6.49. The van der Waals surface area contributed by atoms with E-state index in [0.29, 0.717) is 0 Å².